The van der Waals surface area contributed by atoms with Crippen LogP contribution in [0.5, 0.6) is 5.75 Å². The molecule has 130 valence electrons. The van der Waals surface area contributed by atoms with Crippen LogP contribution in [-0.2, 0) is 14.8 Å². The number of nitrogens with one attached hydrogen (secondary N) is 1. The van der Waals surface area contributed by atoms with Crippen molar-refractivity contribution in [2.24, 2.45) is 0 Å². The molecule has 1 aromatic carbocycles. The topological polar surface area (TPSA) is 104 Å². The molecule has 2 rings (SSSR count). The van der Waals surface area contributed by atoms with Crippen LogP contribution in [-0.4, -0.2) is 34.2 Å². The Kier molecular flexibility index (Phi) is 6.00. The molecule has 7 nitrogen and oxygen atoms in total. The van der Waals surface area contributed by atoms with Crippen LogP contribution in [0.25, 0.3) is 0 Å². The molecule has 1 atom stereocenters. The largest absolute Gasteiger partial charge is 0.497 e. The molecule has 0 aliphatic carbocycles. The van der Waals surface area contributed by atoms with Crippen molar-refractivity contribution in [2.45, 2.75) is 10.9 Å². The van der Waals surface area contributed by atoms with Crippen molar-refractivity contribution < 1.29 is 17.9 Å². The van der Waals surface area contributed by atoms with Crippen LogP contribution in [0.2, 0.25) is 5.02 Å². The van der Waals surface area contributed by atoms with Gasteiger partial charge in [-0.05, 0) is 23.8 Å². The molecule has 0 aliphatic rings. The number of pyridine rings is 1. The summed E-state index contributed by atoms with van der Waals surface area (Å²) in [5.41, 5.74) is 6.36. The van der Waals surface area contributed by atoms with Crippen molar-refractivity contribution in [2.75, 3.05) is 26.6 Å². The summed E-state index contributed by atoms with van der Waals surface area (Å²) in [5.74, 6) is 0.477. The predicted molar refractivity (Wildman–Crippen MR) is 91.6 cm³/mol. The molecule has 0 amide bonds. The van der Waals surface area contributed by atoms with Gasteiger partial charge >= 0.3 is 0 Å². The number of ether oxygens (including phenoxy) is 2. The fourth-order valence-electron chi connectivity index (χ4n) is 2.12. The highest BCUT2D eigenvalue weighted by molar-refractivity contribution is 7.89. The van der Waals surface area contributed by atoms with Gasteiger partial charge in [0.15, 0.2) is 0 Å². The van der Waals surface area contributed by atoms with Crippen LogP contribution in [0, 0.1) is 0 Å². The minimum Gasteiger partial charge on any atom is -0.497 e. The summed E-state index contributed by atoms with van der Waals surface area (Å²) in [5, 5.41) is 0.175. The van der Waals surface area contributed by atoms with E-state index in [0.29, 0.717) is 11.3 Å². The molecular formula is C15H18ClN3O4S. The molecule has 1 aromatic heterocycles. The third kappa shape index (κ3) is 4.35. The molecule has 0 fully saturated rings. The number of hydrogen-bond acceptors (Lipinski definition) is 6. The second kappa shape index (κ2) is 7.80. The highest BCUT2D eigenvalue weighted by Gasteiger charge is 2.24. The summed E-state index contributed by atoms with van der Waals surface area (Å²) in [6, 6.07) is 7.65. The number of nitrogens with two attached hydrogens (primary N) is 1. The van der Waals surface area contributed by atoms with Crippen LogP contribution < -0.4 is 15.2 Å². The zero-order valence-corrected chi connectivity index (χ0v) is 14.8. The fourth-order valence-corrected chi connectivity index (χ4v) is 3.66. The van der Waals surface area contributed by atoms with E-state index in [1.54, 1.807) is 24.3 Å². The lowest BCUT2D eigenvalue weighted by atomic mass is 10.1. The molecule has 2 aromatic rings. The van der Waals surface area contributed by atoms with Gasteiger partial charge in [-0.25, -0.2) is 18.1 Å². The first kappa shape index (κ1) is 18.5. The monoisotopic (exact) mass is 371 g/mol. The smallest absolute Gasteiger partial charge is 0.244 e. The summed E-state index contributed by atoms with van der Waals surface area (Å²) >= 11 is 5.83. The summed E-state index contributed by atoms with van der Waals surface area (Å²) in [6.07, 6.45) is 1.28. The van der Waals surface area contributed by atoms with E-state index in [-0.39, 0.29) is 22.3 Å². The molecule has 24 heavy (non-hydrogen) atoms. The van der Waals surface area contributed by atoms with Gasteiger partial charge in [0.2, 0.25) is 10.0 Å². The molecule has 1 unspecified atom stereocenters. The lowest BCUT2D eigenvalue weighted by Gasteiger charge is -2.19. The van der Waals surface area contributed by atoms with E-state index in [0.717, 1.165) is 0 Å². The lowest BCUT2D eigenvalue weighted by Crippen LogP contribution is -2.32. The number of aromatic nitrogens is 1. The van der Waals surface area contributed by atoms with Gasteiger partial charge < -0.3 is 15.2 Å². The van der Waals surface area contributed by atoms with E-state index >= 15 is 0 Å². The maximum atomic E-state index is 12.6. The summed E-state index contributed by atoms with van der Waals surface area (Å²) in [4.78, 5) is 3.59. The Morgan fingerprint density at radius 2 is 2.08 bits per heavy atom. The first-order valence-electron chi connectivity index (χ1n) is 6.93. The van der Waals surface area contributed by atoms with Crippen LogP contribution in [0.1, 0.15) is 11.6 Å². The zero-order chi connectivity index (χ0) is 17.7. The quantitative estimate of drug-likeness (QED) is 0.771. The molecule has 0 radical (unpaired) electrons. The maximum absolute atomic E-state index is 12.6. The summed E-state index contributed by atoms with van der Waals surface area (Å²) < 4.78 is 38.1. The van der Waals surface area contributed by atoms with E-state index in [1.165, 1.54) is 26.5 Å². The second-order valence-corrected chi connectivity index (χ2v) is 7.06. The van der Waals surface area contributed by atoms with E-state index < -0.39 is 16.1 Å². The molecular weight excluding hydrogens is 354 g/mol. The SMILES string of the molecule is COCC(NS(=O)(=O)c1cc(Cl)cnc1N)c1cccc(OC)c1. The number of benzene rings is 1. The van der Waals surface area contributed by atoms with E-state index in [9.17, 15) is 8.42 Å². The Morgan fingerprint density at radius 1 is 1.33 bits per heavy atom. The molecule has 0 aliphatic heterocycles. The van der Waals surface area contributed by atoms with Crippen LogP contribution >= 0.6 is 11.6 Å². The maximum Gasteiger partial charge on any atom is 0.244 e. The first-order chi connectivity index (χ1) is 11.4. The average Bonchev–Trinajstić information content (AvgIpc) is 2.56. The van der Waals surface area contributed by atoms with Gasteiger partial charge in [0.1, 0.15) is 16.5 Å². The Bertz CT molecular complexity index is 814. The number of anilines is 1. The van der Waals surface area contributed by atoms with Gasteiger partial charge in [-0.15, -0.1) is 0 Å². The molecule has 0 spiro atoms. The van der Waals surface area contributed by atoms with Gasteiger partial charge in [-0.2, -0.15) is 0 Å². The van der Waals surface area contributed by atoms with Gasteiger partial charge in [0.05, 0.1) is 24.8 Å². The van der Waals surface area contributed by atoms with E-state index in [1.807, 2.05) is 0 Å². The van der Waals surface area contributed by atoms with Crippen molar-refractivity contribution in [3.63, 3.8) is 0 Å². The molecule has 3 N–H and O–H groups in total. The standard InChI is InChI=1S/C15H18ClN3O4S/c1-22-9-13(10-4-3-5-12(6-10)23-2)19-24(20,21)14-7-11(16)8-18-15(14)17/h3-8,13,19H,9H2,1-2H3,(H2,17,18). The predicted octanol–water partition coefficient (Wildman–Crippen LogP) is 1.99. The Labute approximate surface area is 145 Å². The number of methoxy groups -OCH3 is 2. The first-order valence-corrected chi connectivity index (χ1v) is 8.79. The molecule has 9 heteroatoms. The highest BCUT2D eigenvalue weighted by Crippen LogP contribution is 2.24. The second-order valence-electron chi connectivity index (χ2n) is 4.94. The zero-order valence-electron chi connectivity index (χ0n) is 13.2. The summed E-state index contributed by atoms with van der Waals surface area (Å²) in [7, 11) is -0.928. The van der Waals surface area contributed by atoms with E-state index in [4.69, 9.17) is 26.8 Å². The number of hydrogen-bond donors (Lipinski definition) is 2. The number of halogens is 1. The highest BCUT2D eigenvalue weighted by atomic mass is 35.5. The Balaban J connectivity index is 2.37. The third-order valence-electron chi connectivity index (χ3n) is 3.26. The molecule has 1 heterocycles. The van der Waals surface area contributed by atoms with Crippen molar-refractivity contribution in [1.29, 1.82) is 0 Å². The number of nitrogens with zero attached hydrogens (tertiary/aromatic N) is 1. The Hall–Kier alpha value is -1.87. The Morgan fingerprint density at radius 3 is 2.75 bits per heavy atom. The third-order valence-corrected chi connectivity index (χ3v) is 4.97. The van der Waals surface area contributed by atoms with Crippen molar-refractivity contribution in [3.8, 4) is 5.75 Å². The van der Waals surface area contributed by atoms with Gasteiger partial charge in [-0.3, -0.25) is 0 Å². The molecule has 0 saturated heterocycles. The van der Waals surface area contributed by atoms with Crippen molar-refractivity contribution in [1.82, 2.24) is 9.71 Å². The van der Waals surface area contributed by atoms with Crippen molar-refractivity contribution in [3.05, 3.63) is 47.1 Å². The molecule has 0 bridgehead atoms. The van der Waals surface area contributed by atoms with Crippen LogP contribution in [0.4, 0.5) is 5.82 Å². The van der Waals surface area contributed by atoms with E-state index in [2.05, 4.69) is 9.71 Å². The molecule has 0 saturated carbocycles. The number of sulfonamides is 1. The normalized spacial score (nSPS) is 12.8. The minimum atomic E-state index is -3.95. The summed E-state index contributed by atoms with van der Waals surface area (Å²) in [6.45, 7) is 0.125. The lowest BCUT2D eigenvalue weighted by molar-refractivity contribution is 0.175. The van der Waals surface area contributed by atoms with Crippen LogP contribution in [0.15, 0.2) is 41.4 Å². The fraction of sp³-hybridized carbons (Fsp3) is 0.267. The van der Waals surface area contributed by atoms with Gasteiger partial charge in [0, 0.05) is 13.3 Å². The number of nitrogen functional groups attached to an aromatic ring is 1. The van der Waals surface area contributed by atoms with Gasteiger partial charge in [0.25, 0.3) is 0 Å². The van der Waals surface area contributed by atoms with Crippen LogP contribution in [0.3, 0.4) is 0 Å². The average molecular weight is 372 g/mol. The number of rotatable bonds is 7. The minimum absolute atomic E-state index is 0.125. The van der Waals surface area contributed by atoms with Crippen molar-refractivity contribution >= 4 is 27.4 Å². The van der Waals surface area contributed by atoms with Gasteiger partial charge in [-0.1, -0.05) is 23.7 Å².